The van der Waals surface area contributed by atoms with Crippen molar-refractivity contribution in [3.8, 4) is 5.75 Å². The number of ether oxygens (including phenoxy) is 1. The van der Waals surface area contributed by atoms with Gasteiger partial charge in [-0.1, -0.05) is 22.0 Å². The summed E-state index contributed by atoms with van der Waals surface area (Å²) in [6.07, 6.45) is 1.47. The Morgan fingerprint density at radius 1 is 1.45 bits per heavy atom. The summed E-state index contributed by atoms with van der Waals surface area (Å²) in [5.41, 5.74) is 0. The van der Waals surface area contributed by atoms with Gasteiger partial charge in [-0.15, -0.1) is 0 Å². The molecule has 0 bridgehead atoms. The molecule has 0 aliphatic carbocycles. The smallest absolute Gasteiger partial charge is 0.326 e. The Bertz CT molecular complexity index is 506. The highest BCUT2D eigenvalue weighted by molar-refractivity contribution is 9.10. The maximum atomic E-state index is 12.0. The standard InChI is InChI=1S/C14H16BrNO4/c15-10-3-1-4-11(9-10)20-8-6-13(17)16-7-2-5-12(16)14(18)19/h1,3-4,9,12H,2,5-8H2,(H,18,19)/t12-/m1/s1. The van der Waals surface area contributed by atoms with Crippen molar-refractivity contribution in [2.24, 2.45) is 0 Å². The molecule has 1 aromatic carbocycles. The summed E-state index contributed by atoms with van der Waals surface area (Å²) in [7, 11) is 0. The molecule has 0 aromatic heterocycles. The van der Waals surface area contributed by atoms with Gasteiger partial charge in [0.25, 0.3) is 0 Å². The number of hydrogen-bond donors (Lipinski definition) is 1. The van der Waals surface area contributed by atoms with Crippen LogP contribution in [-0.4, -0.2) is 41.1 Å². The number of rotatable bonds is 5. The van der Waals surface area contributed by atoms with Gasteiger partial charge in [0.2, 0.25) is 5.91 Å². The van der Waals surface area contributed by atoms with E-state index in [9.17, 15) is 9.59 Å². The number of aliphatic carboxylic acids is 1. The van der Waals surface area contributed by atoms with E-state index in [1.165, 1.54) is 4.90 Å². The van der Waals surface area contributed by atoms with Crippen LogP contribution < -0.4 is 4.74 Å². The van der Waals surface area contributed by atoms with Crippen molar-refractivity contribution in [2.75, 3.05) is 13.2 Å². The monoisotopic (exact) mass is 341 g/mol. The molecule has 2 rings (SSSR count). The zero-order valence-electron chi connectivity index (χ0n) is 10.9. The first-order chi connectivity index (χ1) is 9.58. The van der Waals surface area contributed by atoms with Crippen molar-refractivity contribution in [1.82, 2.24) is 4.90 Å². The lowest BCUT2D eigenvalue weighted by atomic mass is 10.2. The Morgan fingerprint density at radius 2 is 2.25 bits per heavy atom. The number of halogens is 1. The first-order valence-electron chi connectivity index (χ1n) is 6.48. The summed E-state index contributed by atoms with van der Waals surface area (Å²) < 4.78 is 6.40. The van der Waals surface area contributed by atoms with E-state index in [-0.39, 0.29) is 18.9 Å². The molecule has 1 fully saturated rings. The van der Waals surface area contributed by atoms with Gasteiger partial charge in [0.1, 0.15) is 11.8 Å². The van der Waals surface area contributed by atoms with Gasteiger partial charge in [-0.3, -0.25) is 4.79 Å². The van der Waals surface area contributed by atoms with Crippen molar-refractivity contribution in [3.05, 3.63) is 28.7 Å². The summed E-state index contributed by atoms with van der Waals surface area (Å²) in [4.78, 5) is 24.4. The average Bonchev–Trinajstić information content (AvgIpc) is 2.88. The zero-order chi connectivity index (χ0) is 14.5. The lowest BCUT2D eigenvalue weighted by Crippen LogP contribution is -2.40. The minimum absolute atomic E-state index is 0.162. The fraction of sp³-hybridized carbons (Fsp3) is 0.429. The second-order valence-corrected chi connectivity index (χ2v) is 5.55. The topological polar surface area (TPSA) is 66.8 Å². The third-order valence-electron chi connectivity index (χ3n) is 3.24. The zero-order valence-corrected chi connectivity index (χ0v) is 12.5. The number of benzene rings is 1. The number of carboxylic acid groups (broad SMARTS) is 1. The lowest BCUT2D eigenvalue weighted by molar-refractivity contribution is -0.148. The average molecular weight is 342 g/mol. The molecule has 0 radical (unpaired) electrons. The third kappa shape index (κ3) is 3.72. The highest BCUT2D eigenvalue weighted by Crippen LogP contribution is 2.20. The molecule has 20 heavy (non-hydrogen) atoms. The number of nitrogens with zero attached hydrogens (tertiary/aromatic N) is 1. The molecule has 1 amide bonds. The van der Waals surface area contributed by atoms with Gasteiger partial charge in [0.05, 0.1) is 13.0 Å². The maximum absolute atomic E-state index is 12.0. The van der Waals surface area contributed by atoms with Crippen molar-refractivity contribution in [1.29, 1.82) is 0 Å². The van der Waals surface area contributed by atoms with Crippen molar-refractivity contribution in [2.45, 2.75) is 25.3 Å². The Balaban J connectivity index is 1.82. The molecule has 0 saturated carbocycles. The Labute approximate surface area is 125 Å². The van der Waals surface area contributed by atoms with E-state index in [4.69, 9.17) is 9.84 Å². The number of carboxylic acids is 1. The van der Waals surface area contributed by atoms with Gasteiger partial charge in [0.15, 0.2) is 0 Å². The van der Waals surface area contributed by atoms with Gasteiger partial charge < -0.3 is 14.7 Å². The molecule has 108 valence electrons. The van der Waals surface area contributed by atoms with E-state index in [1.54, 1.807) is 0 Å². The van der Waals surface area contributed by atoms with Gasteiger partial charge >= 0.3 is 5.97 Å². The summed E-state index contributed by atoms with van der Waals surface area (Å²) in [6, 6.07) is 6.70. The van der Waals surface area contributed by atoms with Crippen molar-refractivity contribution in [3.63, 3.8) is 0 Å². The highest BCUT2D eigenvalue weighted by Gasteiger charge is 2.33. The van der Waals surface area contributed by atoms with Crippen LogP contribution in [0.15, 0.2) is 28.7 Å². The van der Waals surface area contributed by atoms with E-state index in [2.05, 4.69) is 15.9 Å². The normalized spacial score (nSPS) is 18.1. The van der Waals surface area contributed by atoms with Crippen LogP contribution in [0.5, 0.6) is 5.75 Å². The minimum Gasteiger partial charge on any atom is -0.493 e. The molecular weight excluding hydrogens is 326 g/mol. The summed E-state index contributed by atoms with van der Waals surface area (Å²) >= 11 is 3.34. The number of carbonyl (C=O) groups is 2. The summed E-state index contributed by atoms with van der Waals surface area (Å²) in [6.45, 7) is 0.769. The largest absolute Gasteiger partial charge is 0.493 e. The molecule has 5 nitrogen and oxygen atoms in total. The quantitative estimate of drug-likeness (QED) is 0.892. The molecule has 1 aliphatic rings. The Hall–Kier alpha value is -1.56. The minimum atomic E-state index is -0.927. The summed E-state index contributed by atoms with van der Waals surface area (Å²) in [5, 5.41) is 9.04. The third-order valence-corrected chi connectivity index (χ3v) is 3.73. The number of amides is 1. The van der Waals surface area contributed by atoms with Crippen LogP contribution in [0.25, 0.3) is 0 Å². The van der Waals surface area contributed by atoms with Crippen LogP contribution in [0.1, 0.15) is 19.3 Å². The molecule has 6 heteroatoms. The molecule has 1 saturated heterocycles. The van der Waals surface area contributed by atoms with E-state index >= 15 is 0 Å². The first-order valence-corrected chi connectivity index (χ1v) is 7.28. The molecule has 1 aromatic rings. The molecule has 1 N–H and O–H groups in total. The Kier molecular flexibility index (Phi) is 5.00. The van der Waals surface area contributed by atoms with Crippen LogP contribution in [0.3, 0.4) is 0 Å². The number of hydrogen-bond acceptors (Lipinski definition) is 3. The molecule has 1 aliphatic heterocycles. The highest BCUT2D eigenvalue weighted by atomic mass is 79.9. The van der Waals surface area contributed by atoms with Gasteiger partial charge in [-0.25, -0.2) is 4.79 Å². The second-order valence-electron chi connectivity index (χ2n) is 4.64. The first kappa shape index (κ1) is 14.8. The maximum Gasteiger partial charge on any atom is 0.326 e. The molecule has 0 unspecified atom stereocenters. The van der Waals surface area contributed by atoms with E-state index in [0.29, 0.717) is 18.7 Å². The summed E-state index contributed by atoms with van der Waals surface area (Å²) in [5.74, 6) is -0.406. The predicted octanol–water partition coefficient (Wildman–Crippen LogP) is 2.29. The van der Waals surface area contributed by atoms with Crippen LogP contribution in [0.2, 0.25) is 0 Å². The molecular formula is C14H16BrNO4. The van der Waals surface area contributed by atoms with E-state index < -0.39 is 12.0 Å². The molecule has 1 atom stereocenters. The molecule has 0 spiro atoms. The Morgan fingerprint density at radius 3 is 2.95 bits per heavy atom. The number of likely N-dealkylation sites (tertiary alicyclic amines) is 1. The molecule has 1 heterocycles. The van der Waals surface area contributed by atoms with Gasteiger partial charge in [0, 0.05) is 11.0 Å². The van der Waals surface area contributed by atoms with Crippen LogP contribution in [-0.2, 0) is 9.59 Å². The SMILES string of the molecule is O=C(O)[C@H]1CCCN1C(=O)CCOc1cccc(Br)c1. The van der Waals surface area contributed by atoms with Gasteiger partial charge in [-0.2, -0.15) is 0 Å². The fourth-order valence-corrected chi connectivity index (χ4v) is 2.66. The second kappa shape index (κ2) is 6.74. The number of carbonyl (C=O) groups excluding carboxylic acids is 1. The van der Waals surface area contributed by atoms with Gasteiger partial charge in [-0.05, 0) is 31.0 Å². The lowest BCUT2D eigenvalue weighted by Gasteiger charge is -2.21. The van der Waals surface area contributed by atoms with Crippen LogP contribution in [0, 0.1) is 0 Å². The predicted molar refractivity (Wildman–Crippen MR) is 76.6 cm³/mol. The van der Waals surface area contributed by atoms with E-state index in [1.807, 2.05) is 24.3 Å². The van der Waals surface area contributed by atoms with Crippen LogP contribution >= 0.6 is 15.9 Å². The van der Waals surface area contributed by atoms with Crippen LogP contribution in [0.4, 0.5) is 0 Å². The fourth-order valence-electron chi connectivity index (χ4n) is 2.28. The van der Waals surface area contributed by atoms with Crippen molar-refractivity contribution >= 4 is 27.8 Å². The van der Waals surface area contributed by atoms with Crippen molar-refractivity contribution < 1.29 is 19.4 Å². The van der Waals surface area contributed by atoms with E-state index in [0.717, 1.165) is 10.9 Å².